The highest BCUT2D eigenvalue weighted by Crippen LogP contribution is 2.26. The van der Waals surface area contributed by atoms with E-state index in [1.807, 2.05) is 0 Å². The molecule has 9 heteroatoms. The molecular formula is C10H6N4O4S. The summed E-state index contributed by atoms with van der Waals surface area (Å²) in [7, 11) is 0. The number of carboxylic acid groups (broad SMARTS) is 1. The highest BCUT2D eigenvalue weighted by Gasteiger charge is 2.14. The van der Waals surface area contributed by atoms with Crippen molar-refractivity contribution >= 4 is 23.4 Å². The van der Waals surface area contributed by atoms with Gasteiger partial charge in [-0.3, -0.25) is 10.1 Å². The Labute approximate surface area is 110 Å². The zero-order valence-electron chi connectivity index (χ0n) is 9.26. The molecule has 0 saturated heterocycles. The average molecular weight is 278 g/mol. The summed E-state index contributed by atoms with van der Waals surface area (Å²) < 4.78 is 0. The normalized spacial score (nSPS) is 10.1. The van der Waals surface area contributed by atoms with Crippen molar-refractivity contribution in [1.29, 1.82) is 0 Å². The molecule has 0 aliphatic rings. The van der Waals surface area contributed by atoms with Gasteiger partial charge in [-0.1, -0.05) is 0 Å². The monoisotopic (exact) mass is 278 g/mol. The Morgan fingerprint density at radius 1 is 1.32 bits per heavy atom. The maximum atomic E-state index is 11.0. The minimum atomic E-state index is -1.11. The first-order valence-corrected chi connectivity index (χ1v) is 5.72. The summed E-state index contributed by atoms with van der Waals surface area (Å²) in [6.45, 7) is 0. The van der Waals surface area contributed by atoms with Crippen molar-refractivity contribution < 1.29 is 14.8 Å². The molecule has 0 aliphatic carbocycles. The third kappa shape index (κ3) is 3.01. The number of rotatable bonds is 4. The Morgan fingerprint density at radius 2 is 2.00 bits per heavy atom. The molecule has 0 atom stereocenters. The second kappa shape index (κ2) is 5.40. The van der Waals surface area contributed by atoms with E-state index in [2.05, 4.69) is 15.0 Å². The van der Waals surface area contributed by atoms with Gasteiger partial charge in [0.25, 0.3) is 0 Å². The van der Waals surface area contributed by atoms with Crippen molar-refractivity contribution in [1.82, 2.24) is 15.0 Å². The first-order chi connectivity index (χ1) is 9.08. The Kier molecular flexibility index (Phi) is 3.66. The van der Waals surface area contributed by atoms with E-state index < -0.39 is 10.9 Å². The molecule has 0 spiro atoms. The second-order valence-corrected chi connectivity index (χ2v) is 4.20. The zero-order valence-corrected chi connectivity index (χ0v) is 10.1. The number of carboxylic acids is 1. The lowest BCUT2D eigenvalue weighted by molar-refractivity contribution is -0.385. The van der Waals surface area contributed by atoms with Crippen LogP contribution < -0.4 is 0 Å². The van der Waals surface area contributed by atoms with Crippen molar-refractivity contribution in [2.24, 2.45) is 0 Å². The summed E-state index contributed by atoms with van der Waals surface area (Å²) in [5, 5.41) is 19.8. The fourth-order valence-electron chi connectivity index (χ4n) is 1.18. The van der Waals surface area contributed by atoms with Crippen molar-refractivity contribution in [2.45, 2.75) is 10.2 Å². The number of pyridine rings is 1. The molecule has 0 bridgehead atoms. The average Bonchev–Trinajstić information content (AvgIpc) is 2.39. The van der Waals surface area contributed by atoms with E-state index in [1.54, 1.807) is 0 Å². The van der Waals surface area contributed by atoms with Gasteiger partial charge in [0.2, 0.25) is 0 Å². The van der Waals surface area contributed by atoms with E-state index >= 15 is 0 Å². The topological polar surface area (TPSA) is 119 Å². The first kappa shape index (κ1) is 12.9. The lowest BCUT2D eigenvalue weighted by Gasteiger charge is -2.02. The van der Waals surface area contributed by atoms with Gasteiger partial charge < -0.3 is 5.11 Å². The predicted molar refractivity (Wildman–Crippen MR) is 64.0 cm³/mol. The molecule has 96 valence electrons. The summed E-state index contributed by atoms with van der Waals surface area (Å²) in [5.74, 6) is -1.11. The van der Waals surface area contributed by atoms with Gasteiger partial charge in [0, 0.05) is 6.20 Å². The van der Waals surface area contributed by atoms with Crippen molar-refractivity contribution in [3.63, 3.8) is 0 Å². The molecule has 0 aromatic carbocycles. The molecule has 8 nitrogen and oxygen atoms in total. The predicted octanol–water partition coefficient (Wildman–Crippen LogP) is 1.63. The van der Waals surface area contributed by atoms with Crippen LogP contribution in [0.3, 0.4) is 0 Å². The minimum absolute atomic E-state index is 0.0226. The number of aromatic carboxylic acids is 1. The molecule has 19 heavy (non-hydrogen) atoms. The number of hydrogen-bond donors (Lipinski definition) is 1. The molecule has 0 saturated carbocycles. The molecule has 2 aromatic rings. The van der Waals surface area contributed by atoms with Crippen LogP contribution in [0.1, 0.15) is 10.4 Å². The number of carbonyl (C=O) groups is 1. The maximum Gasteiger partial charge on any atom is 0.338 e. The fraction of sp³-hybridized carbons (Fsp3) is 0. The van der Waals surface area contributed by atoms with Gasteiger partial charge in [-0.05, 0) is 23.9 Å². The molecular weight excluding hydrogens is 272 g/mol. The second-order valence-electron chi connectivity index (χ2n) is 3.24. The Hall–Kier alpha value is -2.55. The van der Waals surface area contributed by atoms with Crippen LogP contribution in [0.15, 0.2) is 40.9 Å². The van der Waals surface area contributed by atoms with Crippen LogP contribution in [-0.2, 0) is 0 Å². The van der Waals surface area contributed by atoms with E-state index in [9.17, 15) is 14.9 Å². The number of hydrogen-bond acceptors (Lipinski definition) is 7. The van der Waals surface area contributed by atoms with E-state index in [0.29, 0.717) is 0 Å². The Morgan fingerprint density at radius 3 is 2.58 bits per heavy atom. The SMILES string of the molecule is O=C(O)c1cccnc1Sc1ncc([N+](=O)[O-])cn1. The Balaban J connectivity index is 2.26. The van der Waals surface area contributed by atoms with Crippen molar-refractivity contribution in [3.05, 3.63) is 46.4 Å². The van der Waals surface area contributed by atoms with E-state index in [0.717, 1.165) is 24.2 Å². The molecule has 0 fully saturated rings. The van der Waals surface area contributed by atoms with Gasteiger partial charge in [-0.25, -0.2) is 19.7 Å². The molecule has 0 amide bonds. The maximum absolute atomic E-state index is 11.0. The van der Waals surface area contributed by atoms with Crippen LogP contribution in [0.4, 0.5) is 5.69 Å². The standard InChI is InChI=1S/C10H6N4O4S/c15-9(16)7-2-1-3-11-8(7)19-10-12-4-6(5-13-10)14(17)18/h1-5H,(H,15,16). The third-order valence-electron chi connectivity index (χ3n) is 2.01. The van der Waals surface area contributed by atoms with Crippen LogP contribution in [0.25, 0.3) is 0 Å². The number of aromatic nitrogens is 3. The van der Waals surface area contributed by atoms with Gasteiger partial charge in [-0.15, -0.1) is 0 Å². The van der Waals surface area contributed by atoms with Gasteiger partial charge >= 0.3 is 11.7 Å². The molecule has 2 rings (SSSR count). The number of nitro groups is 1. The van der Waals surface area contributed by atoms with Crippen LogP contribution in [-0.4, -0.2) is 31.0 Å². The summed E-state index contributed by atoms with van der Waals surface area (Å²) >= 11 is 0.926. The quantitative estimate of drug-likeness (QED) is 0.509. The highest BCUT2D eigenvalue weighted by atomic mass is 32.2. The van der Waals surface area contributed by atoms with Crippen LogP contribution in [0.2, 0.25) is 0 Å². The Bertz CT molecular complexity index is 632. The lowest BCUT2D eigenvalue weighted by atomic mass is 10.3. The summed E-state index contributed by atoms with van der Waals surface area (Å²) in [6.07, 6.45) is 3.55. The van der Waals surface area contributed by atoms with Crippen LogP contribution in [0.5, 0.6) is 0 Å². The molecule has 1 N–H and O–H groups in total. The third-order valence-corrected chi connectivity index (χ3v) is 2.93. The van der Waals surface area contributed by atoms with E-state index in [-0.39, 0.29) is 21.4 Å². The molecule has 0 radical (unpaired) electrons. The van der Waals surface area contributed by atoms with Gasteiger partial charge in [0.1, 0.15) is 17.4 Å². The smallest absolute Gasteiger partial charge is 0.338 e. The lowest BCUT2D eigenvalue weighted by Crippen LogP contribution is -2.00. The van der Waals surface area contributed by atoms with Gasteiger partial charge in [-0.2, -0.15) is 0 Å². The molecule has 0 aliphatic heterocycles. The van der Waals surface area contributed by atoms with Gasteiger partial charge in [0.05, 0.1) is 10.5 Å². The van der Waals surface area contributed by atoms with E-state index in [4.69, 9.17) is 5.11 Å². The van der Waals surface area contributed by atoms with Gasteiger partial charge in [0.15, 0.2) is 5.16 Å². The number of nitrogens with zero attached hydrogens (tertiary/aromatic N) is 4. The minimum Gasteiger partial charge on any atom is -0.478 e. The van der Waals surface area contributed by atoms with Crippen LogP contribution >= 0.6 is 11.8 Å². The largest absolute Gasteiger partial charge is 0.478 e. The molecule has 0 unspecified atom stereocenters. The summed E-state index contributed by atoms with van der Waals surface area (Å²) in [6, 6.07) is 2.91. The van der Waals surface area contributed by atoms with Crippen molar-refractivity contribution in [2.75, 3.05) is 0 Å². The first-order valence-electron chi connectivity index (χ1n) is 4.90. The van der Waals surface area contributed by atoms with Crippen LogP contribution in [0, 0.1) is 10.1 Å². The zero-order chi connectivity index (χ0) is 13.8. The summed E-state index contributed by atoms with van der Waals surface area (Å²) in [4.78, 5) is 32.3. The summed E-state index contributed by atoms with van der Waals surface area (Å²) in [5.41, 5.74) is -0.210. The van der Waals surface area contributed by atoms with E-state index in [1.165, 1.54) is 18.3 Å². The van der Waals surface area contributed by atoms with Crippen molar-refractivity contribution in [3.8, 4) is 0 Å². The molecule has 2 heterocycles. The fourth-order valence-corrected chi connectivity index (χ4v) is 1.94. The highest BCUT2D eigenvalue weighted by molar-refractivity contribution is 7.99. The molecule has 2 aromatic heterocycles.